The standard InChI is InChI=1S/C32H38F3N5O5/c1-20(19-41)36-31(42)40(16-23-15-39(32(43)44)17-27(23)35)29(22-9-11-45-12-10-22)30-37-28(25-13-24(33)7-8-26(25)34)18-38(30)14-21-5-3-2-4-6-21/h2-8,13,18,20,22-23,27,29,41H,9-12,14-17,19H2,1H3,(H,36,42)(H,43,44). The average molecular weight is 630 g/mol. The van der Waals surface area contributed by atoms with Crippen LogP contribution in [0, 0.1) is 23.5 Å². The van der Waals surface area contributed by atoms with Gasteiger partial charge in [0.25, 0.3) is 0 Å². The molecule has 3 N–H and O–H groups in total. The SMILES string of the molecule is CC(CO)NC(=O)N(CC1CN(C(=O)O)CC1F)C(c1nc(-c2cc(F)ccc2F)cn1Cc1ccccc1)C1CCOCC1. The Hall–Kier alpha value is -4.10. The molecule has 2 aliphatic rings. The van der Waals surface area contributed by atoms with Crippen molar-refractivity contribution < 1.29 is 37.7 Å². The molecular formula is C32H38F3N5O5. The lowest BCUT2D eigenvalue weighted by atomic mass is 9.89. The van der Waals surface area contributed by atoms with Crippen LogP contribution in [0.2, 0.25) is 0 Å². The Morgan fingerprint density at radius 1 is 1.13 bits per heavy atom. The summed E-state index contributed by atoms with van der Waals surface area (Å²) in [4.78, 5) is 33.0. The molecule has 0 saturated carbocycles. The molecule has 1 aromatic heterocycles. The third kappa shape index (κ3) is 7.59. The fraction of sp³-hybridized carbons (Fsp3) is 0.469. The van der Waals surface area contributed by atoms with Crippen molar-refractivity contribution in [2.45, 2.75) is 44.6 Å². The number of hydrogen-bond acceptors (Lipinski definition) is 5. The maximum Gasteiger partial charge on any atom is 0.407 e. The summed E-state index contributed by atoms with van der Waals surface area (Å²) >= 11 is 0. The minimum atomic E-state index is -1.51. The van der Waals surface area contributed by atoms with Crippen molar-refractivity contribution >= 4 is 12.1 Å². The van der Waals surface area contributed by atoms with Crippen LogP contribution in [0.5, 0.6) is 0 Å². The summed E-state index contributed by atoms with van der Waals surface area (Å²) in [7, 11) is 0. The van der Waals surface area contributed by atoms with Crippen LogP contribution in [-0.2, 0) is 11.3 Å². The molecule has 2 aliphatic heterocycles. The first-order valence-corrected chi connectivity index (χ1v) is 15.1. The summed E-state index contributed by atoms with van der Waals surface area (Å²) in [5.41, 5.74) is 1.02. The van der Waals surface area contributed by atoms with Gasteiger partial charge >= 0.3 is 12.1 Å². The van der Waals surface area contributed by atoms with Crippen molar-refractivity contribution in [2.75, 3.05) is 39.5 Å². The maximum absolute atomic E-state index is 15.3. The number of alkyl halides is 1. The van der Waals surface area contributed by atoms with Crippen LogP contribution in [-0.4, -0.2) is 93.4 Å². The molecule has 0 bridgehead atoms. The molecule has 2 fully saturated rings. The van der Waals surface area contributed by atoms with Gasteiger partial charge in [0.15, 0.2) is 0 Å². The minimum absolute atomic E-state index is 0.0459. The zero-order valence-corrected chi connectivity index (χ0v) is 25.0. The number of hydrogen-bond donors (Lipinski definition) is 3. The molecule has 242 valence electrons. The normalized spacial score (nSPS) is 20.2. The van der Waals surface area contributed by atoms with E-state index in [9.17, 15) is 24.2 Å². The highest BCUT2D eigenvalue weighted by molar-refractivity contribution is 5.75. The number of nitrogens with zero attached hydrogens (tertiary/aromatic N) is 4. The molecule has 4 atom stereocenters. The van der Waals surface area contributed by atoms with Crippen LogP contribution in [0.15, 0.2) is 54.7 Å². The van der Waals surface area contributed by atoms with Gasteiger partial charge in [-0.25, -0.2) is 27.7 Å². The second-order valence-electron chi connectivity index (χ2n) is 11.8. The highest BCUT2D eigenvalue weighted by atomic mass is 19.1. The van der Waals surface area contributed by atoms with Gasteiger partial charge in [-0.3, -0.25) is 0 Å². The number of aliphatic hydroxyl groups excluding tert-OH is 1. The molecule has 0 spiro atoms. The predicted molar refractivity (Wildman–Crippen MR) is 159 cm³/mol. The minimum Gasteiger partial charge on any atom is -0.465 e. The number of carbonyl (C=O) groups is 2. The number of nitrogens with one attached hydrogen (secondary N) is 1. The van der Waals surface area contributed by atoms with Crippen LogP contribution in [0.3, 0.4) is 0 Å². The third-order valence-electron chi connectivity index (χ3n) is 8.49. The van der Waals surface area contributed by atoms with Gasteiger partial charge in [0.05, 0.1) is 30.9 Å². The van der Waals surface area contributed by atoms with Crippen molar-refractivity contribution in [3.8, 4) is 11.3 Å². The van der Waals surface area contributed by atoms with Gasteiger partial charge < -0.3 is 34.6 Å². The molecule has 3 amide bonds. The van der Waals surface area contributed by atoms with E-state index in [0.29, 0.717) is 38.4 Å². The topological polar surface area (TPSA) is 120 Å². The maximum atomic E-state index is 15.3. The number of halogens is 3. The molecule has 5 rings (SSSR count). The van der Waals surface area contributed by atoms with Crippen molar-refractivity contribution in [1.29, 1.82) is 0 Å². The molecular weight excluding hydrogens is 591 g/mol. The monoisotopic (exact) mass is 629 g/mol. The fourth-order valence-electron chi connectivity index (χ4n) is 6.11. The zero-order chi connectivity index (χ0) is 32.1. The third-order valence-corrected chi connectivity index (χ3v) is 8.49. The summed E-state index contributed by atoms with van der Waals surface area (Å²) in [6.07, 6.45) is -0.0547. The molecule has 4 unspecified atom stereocenters. The number of urea groups is 1. The predicted octanol–water partition coefficient (Wildman–Crippen LogP) is 4.68. The lowest BCUT2D eigenvalue weighted by Gasteiger charge is -2.40. The van der Waals surface area contributed by atoms with Gasteiger partial charge in [-0.15, -0.1) is 0 Å². The summed E-state index contributed by atoms with van der Waals surface area (Å²) in [6.45, 7) is 1.86. The number of carboxylic acid groups (broad SMARTS) is 1. The van der Waals surface area contributed by atoms with E-state index in [4.69, 9.17) is 9.72 Å². The Morgan fingerprint density at radius 3 is 2.53 bits per heavy atom. The number of rotatable bonds is 10. The average Bonchev–Trinajstić information content (AvgIpc) is 3.62. The van der Waals surface area contributed by atoms with Crippen LogP contribution >= 0.6 is 0 Å². The van der Waals surface area contributed by atoms with Gasteiger partial charge in [0.1, 0.15) is 23.6 Å². The largest absolute Gasteiger partial charge is 0.465 e. The first-order chi connectivity index (χ1) is 21.6. The van der Waals surface area contributed by atoms with Crippen LogP contribution in [0.25, 0.3) is 11.3 Å². The Balaban J connectivity index is 1.64. The summed E-state index contributed by atoms with van der Waals surface area (Å²) in [5.74, 6) is -1.95. The number of ether oxygens (including phenoxy) is 1. The van der Waals surface area contributed by atoms with Crippen LogP contribution < -0.4 is 5.32 Å². The number of carbonyl (C=O) groups excluding carboxylic acids is 1. The summed E-state index contributed by atoms with van der Waals surface area (Å²) in [6, 6.07) is 10.6. The van der Waals surface area contributed by atoms with Gasteiger partial charge in [0.2, 0.25) is 0 Å². The quantitative estimate of drug-likeness (QED) is 0.300. The van der Waals surface area contributed by atoms with E-state index in [1.165, 1.54) is 4.90 Å². The molecule has 0 radical (unpaired) electrons. The van der Waals surface area contributed by atoms with Crippen molar-refractivity contribution in [3.63, 3.8) is 0 Å². The molecule has 3 heterocycles. The Kier molecular flexibility index (Phi) is 10.3. The van der Waals surface area contributed by atoms with Crippen LogP contribution in [0.4, 0.5) is 22.8 Å². The fourth-order valence-corrected chi connectivity index (χ4v) is 6.11. The molecule has 45 heavy (non-hydrogen) atoms. The highest BCUT2D eigenvalue weighted by Gasteiger charge is 2.42. The molecule has 0 aliphatic carbocycles. The van der Waals surface area contributed by atoms with E-state index < -0.39 is 47.9 Å². The summed E-state index contributed by atoms with van der Waals surface area (Å²) < 4.78 is 52.1. The number of aliphatic hydroxyl groups is 1. The van der Waals surface area contributed by atoms with E-state index in [0.717, 1.165) is 28.7 Å². The number of likely N-dealkylation sites (tertiary alicyclic amines) is 1. The van der Waals surface area contributed by atoms with E-state index >= 15 is 8.78 Å². The van der Waals surface area contributed by atoms with Crippen molar-refractivity contribution in [3.05, 3.63) is 77.8 Å². The van der Waals surface area contributed by atoms with Gasteiger partial charge in [0, 0.05) is 50.5 Å². The lowest BCUT2D eigenvalue weighted by molar-refractivity contribution is 0.0251. The van der Waals surface area contributed by atoms with Gasteiger partial charge in [-0.2, -0.15) is 0 Å². The Bertz CT molecular complexity index is 1470. The van der Waals surface area contributed by atoms with Crippen molar-refractivity contribution in [1.82, 2.24) is 24.7 Å². The number of imidazole rings is 1. The zero-order valence-electron chi connectivity index (χ0n) is 25.0. The highest BCUT2D eigenvalue weighted by Crippen LogP contribution is 2.38. The summed E-state index contributed by atoms with van der Waals surface area (Å²) in [5, 5.41) is 22.0. The Morgan fingerprint density at radius 2 is 1.87 bits per heavy atom. The van der Waals surface area contributed by atoms with E-state index in [1.807, 2.05) is 30.3 Å². The van der Waals surface area contributed by atoms with E-state index in [2.05, 4.69) is 5.32 Å². The first kappa shape index (κ1) is 32.3. The Labute approximate surface area is 259 Å². The lowest BCUT2D eigenvalue weighted by Crippen LogP contribution is -2.51. The number of aromatic nitrogens is 2. The molecule has 2 saturated heterocycles. The van der Waals surface area contributed by atoms with Crippen LogP contribution in [0.1, 0.15) is 37.2 Å². The number of amides is 3. The van der Waals surface area contributed by atoms with Gasteiger partial charge in [-0.05, 0) is 49.4 Å². The second-order valence-corrected chi connectivity index (χ2v) is 11.8. The van der Waals surface area contributed by atoms with Gasteiger partial charge in [-0.1, -0.05) is 30.3 Å². The number of benzene rings is 2. The molecule has 10 nitrogen and oxygen atoms in total. The van der Waals surface area contributed by atoms with E-state index in [1.54, 1.807) is 17.7 Å². The first-order valence-electron chi connectivity index (χ1n) is 15.1. The van der Waals surface area contributed by atoms with Crippen molar-refractivity contribution in [2.24, 2.45) is 11.8 Å². The van der Waals surface area contributed by atoms with E-state index in [-0.39, 0.29) is 43.4 Å². The molecule has 13 heteroatoms. The second kappa shape index (κ2) is 14.3. The smallest absolute Gasteiger partial charge is 0.407 e. The molecule has 3 aromatic rings. The molecule has 2 aromatic carbocycles.